The van der Waals surface area contributed by atoms with E-state index in [9.17, 15) is 4.79 Å². The largest absolute Gasteiger partial charge is 0.466 e. The predicted octanol–water partition coefficient (Wildman–Crippen LogP) is 1.03. The second-order valence-corrected chi connectivity index (χ2v) is 1.73. The van der Waals surface area contributed by atoms with Crippen molar-refractivity contribution < 1.29 is 9.53 Å². The van der Waals surface area contributed by atoms with Crippen LogP contribution in [0.4, 0.5) is 0 Å². The zero-order valence-electron chi connectivity index (χ0n) is 5.59. The summed E-state index contributed by atoms with van der Waals surface area (Å²) >= 11 is 3.85. The van der Waals surface area contributed by atoms with Gasteiger partial charge in [-0.2, -0.15) is 12.6 Å². The first-order chi connectivity index (χ1) is 3.81. The van der Waals surface area contributed by atoms with Gasteiger partial charge in [0.2, 0.25) is 0 Å². The first-order valence-electron chi connectivity index (χ1n) is 2.57. The molecular formula is C5H13NO2S. The summed E-state index contributed by atoms with van der Waals surface area (Å²) in [7, 11) is 0. The van der Waals surface area contributed by atoms with Crippen LogP contribution >= 0.6 is 12.6 Å². The summed E-state index contributed by atoms with van der Waals surface area (Å²) in [5, 5.41) is 0. The van der Waals surface area contributed by atoms with Crippen molar-refractivity contribution in [3.8, 4) is 0 Å². The third-order valence-electron chi connectivity index (χ3n) is 0.621. The average Bonchev–Trinajstić information content (AvgIpc) is 1.68. The molecule has 3 N–H and O–H groups in total. The molecule has 0 atom stereocenters. The van der Waals surface area contributed by atoms with Crippen LogP contribution in [-0.4, -0.2) is 18.3 Å². The Morgan fingerprint density at radius 1 is 1.67 bits per heavy atom. The maximum atomic E-state index is 10.4. The van der Waals surface area contributed by atoms with Crippen LogP contribution in [0.15, 0.2) is 0 Å². The van der Waals surface area contributed by atoms with Crippen LogP contribution in [0.3, 0.4) is 0 Å². The lowest BCUT2D eigenvalue weighted by Gasteiger charge is -1.96. The molecule has 0 aromatic rings. The highest BCUT2D eigenvalue weighted by Gasteiger charge is 1.95. The molecule has 0 heterocycles. The van der Waals surface area contributed by atoms with Crippen LogP contribution in [0.2, 0.25) is 0 Å². The van der Waals surface area contributed by atoms with Gasteiger partial charge in [0.25, 0.3) is 0 Å². The Morgan fingerprint density at radius 3 is 2.56 bits per heavy atom. The molecule has 0 bridgehead atoms. The van der Waals surface area contributed by atoms with Gasteiger partial charge in [0.05, 0.1) is 13.0 Å². The molecule has 0 aliphatic heterocycles. The smallest absolute Gasteiger partial charge is 0.306 e. The highest BCUT2D eigenvalue weighted by molar-refractivity contribution is 7.80. The van der Waals surface area contributed by atoms with E-state index in [0.717, 1.165) is 0 Å². The van der Waals surface area contributed by atoms with E-state index in [0.29, 0.717) is 18.8 Å². The summed E-state index contributed by atoms with van der Waals surface area (Å²) in [6.45, 7) is 2.25. The first kappa shape index (κ1) is 11.6. The van der Waals surface area contributed by atoms with E-state index in [-0.39, 0.29) is 12.1 Å². The van der Waals surface area contributed by atoms with Crippen LogP contribution in [0.5, 0.6) is 0 Å². The standard InChI is InChI=1S/C5H10O2S.H3N/c1-2-7-5(6)3-4-8;/h8H,2-4H2,1H3;1H3. The molecule has 0 spiro atoms. The number of carbonyl (C=O) groups excluding carboxylic acids is 1. The van der Waals surface area contributed by atoms with E-state index >= 15 is 0 Å². The molecule has 0 fully saturated rings. The van der Waals surface area contributed by atoms with Crippen molar-refractivity contribution in [2.24, 2.45) is 0 Å². The maximum absolute atomic E-state index is 10.4. The van der Waals surface area contributed by atoms with Crippen molar-refractivity contribution in [3.63, 3.8) is 0 Å². The van der Waals surface area contributed by atoms with Gasteiger partial charge >= 0.3 is 5.97 Å². The molecule has 0 radical (unpaired) electrons. The highest BCUT2D eigenvalue weighted by atomic mass is 32.1. The van der Waals surface area contributed by atoms with E-state index in [2.05, 4.69) is 17.4 Å². The first-order valence-corrected chi connectivity index (χ1v) is 3.21. The van der Waals surface area contributed by atoms with Gasteiger partial charge in [0.15, 0.2) is 0 Å². The lowest BCUT2D eigenvalue weighted by molar-refractivity contribution is -0.142. The minimum atomic E-state index is -0.164. The fourth-order valence-corrected chi connectivity index (χ4v) is 0.507. The third kappa shape index (κ3) is 7.78. The molecule has 0 rings (SSSR count). The summed E-state index contributed by atoms with van der Waals surface area (Å²) in [4.78, 5) is 10.4. The zero-order valence-corrected chi connectivity index (χ0v) is 6.49. The van der Waals surface area contributed by atoms with Crippen molar-refractivity contribution in [2.75, 3.05) is 12.4 Å². The number of ether oxygens (including phenoxy) is 1. The third-order valence-corrected chi connectivity index (χ3v) is 0.845. The lowest BCUT2D eigenvalue weighted by Crippen LogP contribution is -2.03. The van der Waals surface area contributed by atoms with Gasteiger partial charge in [-0.3, -0.25) is 4.79 Å². The van der Waals surface area contributed by atoms with Gasteiger partial charge in [0, 0.05) is 5.75 Å². The predicted molar refractivity (Wildman–Crippen MR) is 40.1 cm³/mol. The molecule has 0 amide bonds. The second kappa shape index (κ2) is 7.78. The van der Waals surface area contributed by atoms with E-state index < -0.39 is 0 Å². The molecule has 0 saturated carbocycles. The number of esters is 1. The number of hydrogen-bond donors (Lipinski definition) is 2. The topological polar surface area (TPSA) is 61.3 Å². The van der Waals surface area contributed by atoms with E-state index in [4.69, 9.17) is 0 Å². The average molecular weight is 151 g/mol. The lowest BCUT2D eigenvalue weighted by atomic mass is 10.5. The van der Waals surface area contributed by atoms with Gasteiger partial charge in [-0.05, 0) is 6.92 Å². The fourth-order valence-electron chi connectivity index (χ4n) is 0.324. The van der Waals surface area contributed by atoms with Crippen LogP contribution in [0, 0.1) is 0 Å². The van der Waals surface area contributed by atoms with Crippen molar-refractivity contribution >= 4 is 18.6 Å². The Kier molecular flexibility index (Phi) is 9.99. The van der Waals surface area contributed by atoms with Gasteiger partial charge < -0.3 is 10.9 Å². The van der Waals surface area contributed by atoms with Gasteiger partial charge in [0.1, 0.15) is 0 Å². The van der Waals surface area contributed by atoms with Crippen molar-refractivity contribution in [1.82, 2.24) is 6.15 Å². The van der Waals surface area contributed by atoms with Crippen molar-refractivity contribution in [3.05, 3.63) is 0 Å². The highest BCUT2D eigenvalue weighted by Crippen LogP contribution is 1.87. The summed E-state index contributed by atoms with van der Waals surface area (Å²) in [5.74, 6) is 0.404. The summed E-state index contributed by atoms with van der Waals surface area (Å²) < 4.78 is 4.59. The van der Waals surface area contributed by atoms with Crippen LogP contribution in [0.25, 0.3) is 0 Å². The Labute approximate surface area is 60.8 Å². The van der Waals surface area contributed by atoms with Crippen LogP contribution < -0.4 is 6.15 Å². The number of rotatable bonds is 3. The molecule has 0 aromatic heterocycles. The maximum Gasteiger partial charge on any atom is 0.306 e. The molecule has 0 saturated heterocycles. The van der Waals surface area contributed by atoms with E-state index in [1.165, 1.54) is 0 Å². The Bertz CT molecular complexity index is 69.4. The molecule has 0 unspecified atom stereocenters. The SMILES string of the molecule is CCOC(=O)CCS.N. The van der Waals surface area contributed by atoms with Gasteiger partial charge in [-0.15, -0.1) is 0 Å². The molecule has 9 heavy (non-hydrogen) atoms. The van der Waals surface area contributed by atoms with E-state index in [1.807, 2.05) is 0 Å². The Balaban J connectivity index is 0. The molecule has 3 nitrogen and oxygen atoms in total. The summed E-state index contributed by atoms with van der Waals surface area (Å²) in [5.41, 5.74) is 0. The number of thiol groups is 1. The minimum absolute atomic E-state index is 0. The van der Waals surface area contributed by atoms with Gasteiger partial charge in [-0.1, -0.05) is 0 Å². The van der Waals surface area contributed by atoms with Crippen molar-refractivity contribution in [2.45, 2.75) is 13.3 Å². The molecule has 0 aliphatic carbocycles. The molecule has 0 aromatic carbocycles. The summed E-state index contributed by atoms with van der Waals surface area (Å²) in [6.07, 6.45) is 0.414. The normalized spacial score (nSPS) is 7.78. The molecule has 0 aliphatic rings. The monoisotopic (exact) mass is 151 g/mol. The van der Waals surface area contributed by atoms with E-state index in [1.54, 1.807) is 6.92 Å². The number of carbonyl (C=O) groups is 1. The molecule has 4 heteroatoms. The number of hydrogen-bond acceptors (Lipinski definition) is 4. The Morgan fingerprint density at radius 2 is 2.22 bits per heavy atom. The van der Waals surface area contributed by atoms with Crippen molar-refractivity contribution in [1.29, 1.82) is 0 Å². The Hall–Kier alpha value is -0.220. The van der Waals surface area contributed by atoms with Gasteiger partial charge in [-0.25, -0.2) is 0 Å². The van der Waals surface area contributed by atoms with Crippen LogP contribution in [-0.2, 0) is 9.53 Å². The zero-order chi connectivity index (χ0) is 6.41. The summed E-state index contributed by atoms with van der Waals surface area (Å²) in [6, 6.07) is 0. The second-order valence-electron chi connectivity index (χ2n) is 1.28. The molecule has 56 valence electrons. The minimum Gasteiger partial charge on any atom is -0.466 e. The fraction of sp³-hybridized carbons (Fsp3) is 0.800. The van der Waals surface area contributed by atoms with Crippen LogP contribution in [0.1, 0.15) is 13.3 Å². The quantitative estimate of drug-likeness (QED) is 0.468. The molecular weight excluding hydrogens is 138 g/mol.